The van der Waals surface area contributed by atoms with E-state index in [2.05, 4.69) is 5.32 Å². The molecule has 2 rings (SSSR count). The number of benzene rings is 2. The molecule has 2 aromatic carbocycles. The predicted octanol–water partition coefficient (Wildman–Crippen LogP) is 4.26. The highest BCUT2D eigenvalue weighted by molar-refractivity contribution is 5.98. The van der Waals surface area contributed by atoms with Gasteiger partial charge in [-0.25, -0.2) is 9.59 Å². The molecule has 0 saturated heterocycles. The fourth-order valence-corrected chi connectivity index (χ4v) is 2.08. The molecule has 5 heteroatoms. The zero-order valence-corrected chi connectivity index (χ0v) is 13.1. The van der Waals surface area contributed by atoms with Crippen molar-refractivity contribution in [3.05, 3.63) is 65.2 Å². The topological polar surface area (TPSA) is 75.6 Å². The van der Waals surface area contributed by atoms with Crippen molar-refractivity contribution >= 4 is 17.7 Å². The average molecular weight is 313 g/mol. The third kappa shape index (κ3) is 4.57. The molecule has 1 amide bonds. The number of carbonyl (C=O) groups excluding carboxylic acids is 1. The number of nitrogens with one attached hydrogen (secondary N) is 1. The summed E-state index contributed by atoms with van der Waals surface area (Å²) in [5.74, 6) is -0.891. The van der Waals surface area contributed by atoms with Gasteiger partial charge in [0.25, 0.3) is 0 Å². The summed E-state index contributed by atoms with van der Waals surface area (Å²) in [4.78, 5) is 23.2. The summed E-state index contributed by atoms with van der Waals surface area (Å²) in [6.07, 6.45) is -0.686. The van der Waals surface area contributed by atoms with Crippen molar-refractivity contribution in [2.24, 2.45) is 0 Å². The molecule has 0 aliphatic heterocycles. The maximum Gasteiger partial charge on any atom is 0.411 e. The maximum absolute atomic E-state index is 11.9. The first-order valence-electron chi connectivity index (χ1n) is 7.32. The molecule has 0 aliphatic carbocycles. The van der Waals surface area contributed by atoms with E-state index in [1.54, 1.807) is 18.2 Å². The number of carboxylic acid groups (broad SMARTS) is 1. The van der Waals surface area contributed by atoms with Crippen molar-refractivity contribution in [1.29, 1.82) is 0 Å². The molecule has 0 spiro atoms. The molecule has 0 radical (unpaired) electrons. The number of carboxylic acids is 1. The second kappa shape index (κ2) is 7.45. The molecule has 0 unspecified atom stereocenters. The van der Waals surface area contributed by atoms with Crippen LogP contribution in [0.4, 0.5) is 10.5 Å². The highest BCUT2D eigenvalue weighted by atomic mass is 16.5. The minimum atomic E-state index is -1.09. The molecule has 0 aliphatic rings. The van der Waals surface area contributed by atoms with Crippen LogP contribution < -0.4 is 5.32 Å². The van der Waals surface area contributed by atoms with Crippen molar-refractivity contribution in [3.8, 4) is 0 Å². The minimum absolute atomic E-state index is 0.0489. The zero-order chi connectivity index (χ0) is 16.8. The van der Waals surface area contributed by atoms with Crippen LogP contribution in [0, 0.1) is 0 Å². The van der Waals surface area contributed by atoms with Gasteiger partial charge in [0.05, 0.1) is 11.3 Å². The van der Waals surface area contributed by atoms with Crippen LogP contribution in [0.3, 0.4) is 0 Å². The Balaban J connectivity index is 2.06. The molecule has 0 fully saturated rings. The molecule has 5 nitrogen and oxygen atoms in total. The van der Waals surface area contributed by atoms with Crippen molar-refractivity contribution < 1.29 is 19.4 Å². The Bertz CT molecular complexity index is 695. The molecule has 2 N–H and O–H groups in total. The monoisotopic (exact) mass is 313 g/mol. The molecule has 0 heterocycles. The summed E-state index contributed by atoms with van der Waals surface area (Å²) >= 11 is 0. The maximum atomic E-state index is 11.9. The number of rotatable bonds is 5. The summed E-state index contributed by atoms with van der Waals surface area (Å²) in [6.45, 7) is 4.07. The second-order valence-corrected chi connectivity index (χ2v) is 5.45. The summed E-state index contributed by atoms with van der Waals surface area (Å²) in [6, 6.07) is 14.2. The van der Waals surface area contributed by atoms with Crippen LogP contribution in [0.5, 0.6) is 0 Å². The van der Waals surface area contributed by atoms with Crippen LogP contribution in [-0.2, 0) is 11.3 Å². The van der Waals surface area contributed by atoms with Crippen LogP contribution in [-0.4, -0.2) is 17.2 Å². The van der Waals surface area contributed by atoms with E-state index in [0.717, 1.165) is 11.1 Å². The first-order valence-corrected chi connectivity index (χ1v) is 7.32. The molecule has 0 saturated carbocycles. The number of hydrogen-bond donors (Lipinski definition) is 2. The van der Waals surface area contributed by atoms with Gasteiger partial charge in [-0.15, -0.1) is 0 Å². The van der Waals surface area contributed by atoms with Crippen LogP contribution in [0.2, 0.25) is 0 Å². The molecule has 23 heavy (non-hydrogen) atoms. The quantitative estimate of drug-likeness (QED) is 0.865. The van der Waals surface area contributed by atoms with Gasteiger partial charge in [-0.05, 0) is 29.2 Å². The zero-order valence-electron chi connectivity index (χ0n) is 13.1. The molecule has 2 aromatic rings. The lowest BCUT2D eigenvalue weighted by Crippen LogP contribution is -2.16. The van der Waals surface area contributed by atoms with E-state index in [0.29, 0.717) is 0 Å². The third-order valence-corrected chi connectivity index (χ3v) is 3.39. The lowest BCUT2D eigenvalue weighted by atomic mass is 10.00. The Hall–Kier alpha value is -2.82. The van der Waals surface area contributed by atoms with Crippen molar-refractivity contribution in [2.75, 3.05) is 5.32 Å². The van der Waals surface area contributed by atoms with E-state index >= 15 is 0 Å². The first kappa shape index (κ1) is 16.5. The molecule has 120 valence electrons. The number of carbonyl (C=O) groups is 2. The number of aromatic carboxylic acids is 1. The number of hydrogen-bond acceptors (Lipinski definition) is 3. The third-order valence-electron chi connectivity index (χ3n) is 3.39. The molecule has 0 atom stereocenters. The summed E-state index contributed by atoms with van der Waals surface area (Å²) in [5, 5.41) is 11.8. The normalized spacial score (nSPS) is 10.4. The van der Waals surface area contributed by atoms with Crippen LogP contribution in [0.25, 0.3) is 0 Å². The van der Waals surface area contributed by atoms with Gasteiger partial charge in [0.2, 0.25) is 0 Å². The van der Waals surface area contributed by atoms with E-state index in [1.165, 1.54) is 0 Å². The highest BCUT2D eigenvalue weighted by Gasteiger charge is 2.15. The number of amides is 1. The summed E-state index contributed by atoms with van der Waals surface area (Å²) < 4.78 is 5.10. The van der Waals surface area contributed by atoms with E-state index in [1.807, 2.05) is 44.2 Å². The summed E-state index contributed by atoms with van der Waals surface area (Å²) in [5.41, 5.74) is 2.02. The van der Waals surface area contributed by atoms with Crippen molar-refractivity contribution in [2.45, 2.75) is 26.4 Å². The van der Waals surface area contributed by atoms with Gasteiger partial charge in [-0.3, -0.25) is 5.32 Å². The Kier molecular flexibility index (Phi) is 5.36. The van der Waals surface area contributed by atoms with Crippen molar-refractivity contribution in [3.63, 3.8) is 0 Å². The molecular weight excluding hydrogens is 294 g/mol. The lowest BCUT2D eigenvalue weighted by Gasteiger charge is -2.12. The van der Waals surface area contributed by atoms with E-state index in [4.69, 9.17) is 4.74 Å². The predicted molar refractivity (Wildman–Crippen MR) is 87.7 cm³/mol. The standard InChI is InChI=1S/C18H19NO4/c1-12(2)14-8-9-16(15(10-14)17(20)21)19-18(22)23-11-13-6-4-3-5-7-13/h3-10,12H,11H2,1-2H3,(H,19,22)(H,20,21). The highest BCUT2D eigenvalue weighted by Crippen LogP contribution is 2.23. The van der Waals surface area contributed by atoms with Gasteiger partial charge in [0.1, 0.15) is 6.61 Å². The second-order valence-electron chi connectivity index (χ2n) is 5.45. The SMILES string of the molecule is CC(C)c1ccc(NC(=O)OCc2ccccc2)c(C(=O)O)c1. The summed E-state index contributed by atoms with van der Waals surface area (Å²) in [7, 11) is 0. The van der Waals surface area contributed by atoms with Crippen molar-refractivity contribution in [1.82, 2.24) is 0 Å². The van der Waals surface area contributed by atoms with Gasteiger partial charge >= 0.3 is 12.1 Å². The van der Waals surface area contributed by atoms with Crippen LogP contribution in [0.1, 0.15) is 41.3 Å². The molecule has 0 aromatic heterocycles. The Morgan fingerprint density at radius 3 is 2.43 bits per heavy atom. The largest absolute Gasteiger partial charge is 0.478 e. The fraction of sp³-hybridized carbons (Fsp3) is 0.222. The Morgan fingerprint density at radius 2 is 1.83 bits per heavy atom. The minimum Gasteiger partial charge on any atom is -0.478 e. The van der Waals surface area contributed by atoms with E-state index in [9.17, 15) is 14.7 Å². The van der Waals surface area contributed by atoms with Gasteiger partial charge in [0.15, 0.2) is 0 Å². The van der Waals surface area contributed by atoms with E-state index < -0.39 is 12.1 Å². The molecular formula is C18H19NO4. The van der Waals surface area contributed by atoms with Crippen LogP contribution in [0.15, 0.2) is 48.5 Å². The van der Waals surface area contributed by atoms with E-state index in [-0.39, 0.29) is 23.8 Å². The Labute approximate surface area is 134 Å². The van der Waals surface area contributed by atoms with Crippen LogP contribution >= 0.6 is 0 Å². The Morgan fingerprint density at radius 1 is 1.13 bits per heavy atom. The fourth-order valence-electron chi connectivity index (χ4n) is 2.08. The van der Waals surface area contributed by atoms with Gasteiger partial charge in [-0.2, -0.15) is 0 Å². The first-order chi connectivity index (χ1) is 11.0. The van der Waals surface area contributed by atoms with Gasteiger partial charge in [0, 0.05) is 0 Å². The number of anilines is 1. The molecule has 0 bridgehead atoms. The lowest BCUT2D eigenvalue weighted by molar-refractivity contribution is 0.0698. The number of ether oxygens (including phenoxy) is 1. The van der Waals surface area contributed by atoms with Gasteiger partial charge in [-0.1, -0.05) is 50.2 Å². The smallest absolute Gasteiger partial charge is 0.411 e. The average Bonchev–Trinajstić information content (AvgIpc) is 2.54. The van der Waals surface area contributed by atoms with Gasteiger partial charge < -0.3 is 9.84 Å².